The van der Waals surface area contributed by atoms with Gasteiger partial charge in [-0.05, 0) is 30.2 Å². The molecule has 1 aromatic carbocycles. The standard InChI is InChI=1S/C11H14FN/c1-13-5-4-10-3-2-9(7-12)6-11(10)8-13/h2-3,6H,4-5,7-8H2,1H3. The Balaban J connectivity index is 2.32. The van der Waals surface area contributed by atoms with Crippen LogP contribution in [-0.4, -0.2) is 18.5 Å². The van der Waals surface area contributed by atoms with Gasteiger partial charge in [-0.15, -0.1) is 0 Å². The highest BCUT2D eigenvalue weighted by molar-refractivity contribution is 5.33. The summed E-state index contributed by atoms with van der Waals surface area (Å²) in [5.41, 5.74) is 3.48. The first-order valence-corrected chi connectivity index (χ1v) is 4.65. The monoisotopic (exact) mass is 179 g/mol. The van der Waals surface area contributed by atoms with Crippen molar-refractivity contribution >= 4 is 0 Å². The van der Waals surface area contributed by atoms with E-state index in [1.165, 1.54) is 11.1 Å². The fourth-order valence-corrected chi connectivity index (χ4v) is 1.83. The van der Waals surface area contributed by atoms with Crippen LogP contribution in [0.4, 0.5) is 4.39 Å². The van der Waals surface area contributed by atoms with E-state index in [0.29, 0.717) is 0 Å². The number of hydrogen-bond donors (Lipinski definition) is 0. The third-order valence-corrected chi connectivity index (χ3v) is 2.63. The second kappa shape index (κ2) is 3.46. The number of halogens is 1. The first-order valence-electron chi connectivity index (χ1n) is 4.65. The molecule has 2 heteroatoms. The molecule has 0 saturated carbocycles. The molecule has 13 heavy (non-hydrogen) atoms. The van der Waals surface area contributed by atoms with Gasteiger partial charge in [-0.25, -0.2) is 4.39 Å². The Labute approximate surface area is 78.2 Å². The minimum absolute atomic E-state index is 0.350. The normalized spacial score (nSPS) is 17.1. The van der Waals surface area contributed by atoms with Crippen LogP contribution in [-0.2, 0) is 19.6 Å². The van der Waals surface area contributed by atoms with Crippen molar-refractivity contribution in [3.8, 4) is 0 Å². The fourth-order valence-electron chi connectivity index (χ4n) is 1.83. The Morgan fingerprint density at radius 2 is 2.23 bits per heavy atom. The summed E-state index contributed by atoms with van der Waals surface area (Å²) < 4.78 is 12.4. The minimum Gasteiger partial charge on any atom is -0.302 e. The van der Waals surface area contributed by atoms with Gasteiger partial charge in [0.2, 0.25) is 0 Å². The number of fused-ring (bicyclic) bond motifs is 1. The molecule has 0 radical (unpaired) electrons. The quantitative estimate of drug-likeness (QED) is 0.638. The number of hydrogen-bond acceptors (Lipinski definition) is 1. The maximum absolute atomic E-state index is 12.4. The zero-order chi connectivity index (χ0) is 9.26. The van der Waals surface area contributed by atoms with E-state index < -0.39 is 0 Å². The number of rotatable bonds is 1. The van der Waals surface area contributed by atoms with E-state index in [4.69, 9.17) is 0 Å². The summed E-state index contributed by atoms with van der Waals surface area (Å²) in [5, 5.41) is 0. The molecule has 1 aliphatic heterocycles. The molecule has 0 amide bonds. The predicted molar refractivity (Wildman–Crippen MR) is 51.3 cm³/mol. The van der Waals surface area contributed by atoms with Crippen LogP contribution in [0.3, 0.4) is 0 Å². The molecule has 0 N–H and O–H groups in total. The zero-order valence-electron chi connectivity index (χ0n) is 7.89. The van der Waals surface area contributed by atoms with E-state index >= 15 is 0 Å². The Kier molecular flexibility index (Phi) is 2.32. The fraction of sp³-hybridized carbons (Fsp3) is 0.455. The van der Waals surface area contributed by atoms with Gasteiger partial charge < -0.3 is 4.90 Å². The molecule has 1 nitrogen and oxygen atoms in total. The van der Waals surface area contributed by atoms with Crippen molar-refractivity contribution in [2.24, 2.45) is 0 Å². The van der Waals surface area contributed by atoms with Crippen molar-refractivity contribution in [2.75, 3.05) is 13.6 Å². The van der Waals surface area contributed by atoms with Gasteiger partial charge in [-0.3, -0.25) is 0 Å². The summed E-state index contributed by atoms with van der Waals surface area (Å²) in [6, 6.07) is 5.95. The summed E-state index contributed by atoms with van der Waals surface area (Å²) in [6.07, 6.45) is 1.10. The molecule has 0 atom stereocenters. The van der Waals surface area contributed by atoms with Crippen LogP contribution in [0.1, 0.15) is 16.7 Å². The highest BCUT2D eigenvalue weighted by Gasteiger charge is 2.12. The second-order valence-electron chi connectivity index (χ2n) is 3.72. The van der Waals surface area contributed by atoms with Gasteiger partial charge in [0.25, 0.3) is 0 Å². The maximum atomic E-state index is 12.4. The lowest BCUT2D eigenvalue weighted by Crippen LogP contribution is -2.26. The van der Waals surface area contributed by atoms with Crippen LogP contribution < -0.4 is 0 Å². The van der Waals surface area contributed by atoms with Gasteiger partial charge in [0, 0.05) is 13.1 Å². The Hall–Kier alpha value is -0.890. The van der Waals surface area contributed by atoms with E-state index in [0.717, 1.165) is 25.1 Å². The molecular formula is C11H14FN. The van der Waals surface area contributed by atoms with Crippen molar-refractivity contribution in [3.63, 3.8) is 0 Å². The number of alkyl halides is 1. The first-order chi connectivity index (χ1) is 6.29. The van der Waals surface area contributed by atoms with Crippen molar-refractivity contribution in [2.45, 2.75) is 19.6 Å². The van der Waals surface area contributed by atoms with Gasteiger partial charge in [-0.2, -0.15) is 0 Å². The van der Waals surface area contributed by atoms with Crippen molar-refractivity contribution in [1.29, 1.82) is 0 Å². The summed E-state index contributed by atoms with van der Waals surface area (Å²) in [4.78, 5) is 2.27. The summed E-state index contributed by atoms with van der Waals surface area (Å²) in [7, 11) is 2.10. The van der Waals surface area contributed by atoms with E-state index in [-0.39, 0.29) is 6.67 Å². The summed E-state index contributed by atoms with van der Waals surface area (Å²) in [6.45, 7) is 1.72. The van der Waals surface area contributed by atoms with E-state index in [2.05, 4.69) is 18.0 Å². The topological polar surface area (TPSA) is 3.24 Å². The first kappa shape index (κ1) is 8.70. The van der Waals surface area contributed by atoms with Crippen LogP contribution in [0.2, 0.25) is 0 Å². The maximum Gasteiger partial charge on any atom is 0.115 e. The van der Waals surface area contributed by atoms with Gasteiger partial charge >= 0.3 is 0 Å². The smallest absolute Gasteiger partial charge is 0.115 e. The van der Waals surface area contributed by atoms with Gasteiger partial charge in [0.15, 0.2) is 0 Å². The predicted octanol–water partition coefficient (Wildman–Crippen LogP) is 2.14. The van der Waals surface area contributed by atoms with Crippen molar-refractivity contribution in [1.82, 2.24) is 4.90 Å². The molecule has 0 unspecified atom stereocenters. The zero-order valence-corrected chi connectivity index (χ0v) is 7.89. The molecule has 2 rings (SSSR count). The van der Waals surface area contributed by atoms with Gasteiger partial charge in [0.1, 0.15) is 6.67 Å². The van der Waals surface area contributed by atoms with E-state index in [1.807, 2.05) is 12.1 Å². The largest absolute Gasteiger partial charge is 0.302 e. The molecule has 0 saturated heterocycles. The molecule has 0 fully saturated rings. The molecule has 0 bridgehead atoms. The average molecular weight is 179 g/mol. The molecule has 1 heterocycles. The lowest BCUT2D eigenvalue weighted by atomic mass is 9.98. The van der Waals surface area contributed by atoms with Crippen LogP contribution >= 0.6 is 0 Å². The van der Waals surface area contributed by atoms with E-state index in [1.54, 1.807) is 0 Å². The van der Waals surface area contributed by atoms with Crippen molar-refractivity contribution < 1.29 is 4.39 Å². The summed E-state index contributed by atoms with van der Waals surface area (Å²) >= 11 is 0. The summed E-state index contributed by atoms with van der Waals surface area (Å²) in [5.74, 6) is 0. The Morgan fingerprint density at radius 3 is 3.00 bits per heavy atom. The number of nitrogens with zero attached hydrogens (tertiary/aromatic N) is 1. The highest BCUT2D eigenvalue weighted by atomic mass is 19.1. The lowest BCUT2D eigenvalue weighted by molar-refractivity contribution is 0.312. The number of likely N-dealkylation sites (N-methyl/N-ethyl adjacent to an activating group) is 1. The molecular weight excluding hydrogens is 165 g/mol. The third-order valence-electron chi connectivity index (χ3n) is 2.63. The van der Waals surface area contributed by atoms with Crippen LogP contribution in [0.25, 0.3) is 0 Å². The molecule has 1 aromatic rings. The van der Waals surface area contributed by atoms with Gasteiger partial charge in [-0.1, -0.05) is 18.2 Å². The number of benzene rings is 1. The Morgan fingerprint density at radius 1 is 1.38 bits per heavy atom. The molecule has 0 aliphatic carbocycles. The van der Waals surface area contributed by atoms with Gasteiger partial charge in [0.05, 0.1) is 0 Å². The van der Waals surface area contributed by atoms with Crippen molar-refractivity contribution in [3.05, 3.63) is 34.9 Å². The van der Waals surface area contributed by atoms with Crippen LogP contribution in [0, 0.1) is 0 Å². The van der Waals surface area contributed by atoms with E-state index in [9.17, 15) is 4.39 Å². The third kappa shape index (κ3) is 1.73. The minimum atomic E-state index is -0.350. The SMILES string of the molecule is CN1CCc2ccc(CF)cc2C1. The lowest BCUT2D eigenvalue weighted by Gasteiger charge is -2.25. The Bertz CT molecular complexity index is 309. The second-order valence-corrected chi connectivity index (χ2v) is 3.72. The highest BCUT2D eigenvalue weighted by Crippen LogP contribution is 2.19. The molecule has 70 valence electrons. The van der Waals surface area contributed by atoms with Crippen LogP contribution in [0.15, 0.2) is 18.2 Å². The molecule has 0 spiro atoms. The average Bonchev–Trinajstić information content (AvgIpc) is 2.16. The molecule has 0 aromatic heterocycles. The molecule has 1 aliphatic rings. The van der Waals surface area contributed by atoms with Crippen LogP contribution in [0.5, 0.6) is 0 Å².